The van der Waals surface area contributed by atoms with Gasteiger partial charge in [-0.3, -0.25) is 9.59 Å². The molecule has 0 aliphatic rings. The van der Waals surface area contributed by atoms with Gasteiger partial charge in [0.1, 0.15) is 6.61 Å². The maximum Gasteiger partial charge on any atom is 0.306 e. The molecule has 0 aromatic carbocycles. The Bertz CT molecular complexity index is 1060. The first-order chi connectivity index (χ1) is 31.6. The van der Waals surface area contributed by atoms with E-state index in [2.05, 4.69) is 69.4 Å². The standard InChI is InChI=1S/C59H108O5/c1-4-7-10-13-16-19-22-25-27-29-30-31-32-35-37-40-43-46-49-52-58(60)63-56-57(64-59(61)53-50-47-44-41-38-34-24-21-18-15-12-9-6-3)55-62-54-51-48-45-42-39-36-33-28-26-23-20-17-14-11-8-5-2/h8,11,17,20,25-28,57H,4-7,9-10,12-16,18-19,21-24,29-56H2,1-3H3/b11-8-,20-17-,27-25-,28-26-. The molecule has 0 aromatic heterocycles. The van der Waals surface area contributed by atoms with Crippen LogP contribution in [0.3, 0.4) is 0 Å². The largest absolute Gasteiger partial charge is 0.462 e. The molecule has 0 aliphatic heterocycles. The molecule has 0 bridgehead atoms. The van der Waals surface area contributed by atoms with Gasteiger partial charge < -0.3 is 14.2 Å². The van der Waals surface area contributed by atoms with Crippen molar-refractivity contribution in [3.8, 4) is 0 Å². The molecule has 1 unspecified atom stereocenters. The second-order valence-electron chi connectivity index (χ2n) is 18.8. The van der Waals surface area contributed by atoms with Gasteiger partial charge in [-0.25, -0.2) is 0 Å². The van der Waals surface area contributed by atoms with E-state index in [1.165, 1.54) is 193 Å². The van der Waals surface area contributed by atoms with Crippen molar-refractivity contribution in [2.75, 3.05) is 19.8 Å². The molecule has 0 radical (unpaired) electrons. The maximum absolute atomic E-state index is 12.8. The first-order valence-electron chi connectivity index (χ1n) is 28.2. The Hall–Kier alpha value is -2.14. The highest BCUT2D eigenvalue weighted by atomic mass is 16.6. The summed E-state index contributed by atoms with van der Waals surface area (Å²) in [4.78, 5) is 25.5. The van der Waals surface area contributed by atoms with E-state index in [0.29, 0.717) is 19.4 Å². The summed E-state index contributed by atoms with van der Waals surface area (Å²) < 4.78 is 17.5. The van der Waals surface area contributed by atoms with Crippen LogP contribution >= 0.6 is 0 Å². The molecule has 0 rings (SSSR count). The van der Waals surface area contributed by atoms with E-state index in [9.17, 15) is 9.59 Å². The van der Waals surface area contributed by atoms with Crippen molar-refractivity contribution in [1.82, 2.24) is 0 Å². The highest BCUT2D eigenvalue weighted by molar-refractivity contribution is 5.70. The van der Waals surface area contributed by atoms with Crippen LogP contribution in [0.4, 0.5) is 0 Å². The van der Waals surface area contributed by atoms with E-state index in [-0.39, 0.29) is 25.2 Å². The number of ether oxygens (including phenoxy) is 3. The van der Waals surface area contributed by atoms with E-state index >= 15 is 0 Å². The Balaban J connectivity index is 4.23. The third-order valence-electron chi connectivity index (χ3n) is 12.3. The number of hydrogen-bond donors (Lipinski definition) is 0. The molecule has 0 saturated carbocycles. The lowest BCUT2D eigenvalue weighted by Gasteiger charge is -2.18. The number of carbonyl (C=O) groups is 2. The summed E-state index contributed by atoms with van der Waals surface area (Å²) in [6.45, 7) is 7.73. The molecule has 0 amide bonds. The van der Waals surface area contributed by atoms with Crippen LogP contribution in [0.2, 0.25) is 0 Å². The topological polar surface area (TPSA) is 61.8 Å². The smallest absolute Gasteiger partial charge is 0.306 e. The van der Waals surface area contributed by atoms with Gasteiger partial charge in [0.15, 0.2) is 6.10 Å². The molecule has 1 atom stereocenters. The second kappa shape index (κ2) is 55.2. The predicted octanol–water partition coefficient (Wildman–Crippen LogP) is 19.1. The molecule has 0 N–H and O–H groups in total. The molecule has 0 aromatic rings. The molecule has 0 aliphatic carbocycles. The summed E-state index contributed by atoms with van der Waals surface area (Å²) in [7, 11) is 0. The van der Waals surface area contributed by atoms with Crippen molar-refractivity contribution in [3.05, 3.63) is 48.6 Å². The molecule has 0 fully saturated rings. The van der Waals surface area contributed by atoms with Crippen molar-refractivity contribution >= 4 is 11.9 Å². The SMILES string of the molecule is CC/C=C\C/C=C\C/C=C\CCCCCCCCOCC(COC(=O)CCCCCCCCCCC/C=C\CCCCCCCC)OC(=O)CCCCCCCCCCCCCCC. The molecule has 0 spiro atoms. The summed E-state index contributed by atoms with van der Waals surface area (Å²) in [6, 6.07) is 0. The fourth-order valence-corrected chi connectivity index (χ4v) is 8.17. The van der Waals surface area contributed by atoms with Crippen LogP contribution in [0.15, 0.2) is 48.6 Å². The van der Waals surface area contributed by atoms with Gasteiger partial charge in [-0.1, -0.05) is 249 Å². The van der Waals surface area contributed by atoms with Gasteiger partial charge in [-0.05, 0) is 77.0 Å². The fraction of sp³-hybridized carbons (Fsp3) is 0.831. The predicted molar refractivity (Wildman–Crippen MR) is 279 cm³/mol. The normalized spacial score (nSPS) is 12.5. The van der Waals surface area contributed by atoms with Crippen LogP contribution in [-0.4, -0.2) is 37.9 Å². The maximum atomic E-state index is 12.8. The van der Waals surface area contributed by atoms with E-state index < -0.39 is 6.10 Å². The van der Waals surface area contributed by atoms with Gasteiger partial charge in [0, 0.05) is 19.4 Å². The Kier molecular flexibility index (Phi) is 53.3. The van der Waals surface area contributed by atoms with Crippen LogP contribution in [0.5, 0.6) is 0 Å². The van der Waals surface area contributed by atoms with E-state index in [1.54, 1.807) is 0 Å². The Labute approximate surface area is 399 Å². The molecule has 5 nitrogen and oxygen atoms in total. The Morgan fingerprint density at radius 1 is 0.359 bits per heavy atom. The summed E-state index contributed by atoms with van der Waals surface area (Å²) in [5.41, 5.74) is 0. The molecular weight excluding hydrogens is 789 g/mol. The Morgan fingerprint density at radius 3 is 1.14 bits per heavy atom. The average molecular weight is 898 g/mol. The summed E-state index contributed by atoms with van der Waals surface area (Å²) >= 11 is 0. The van der Waals surface area contributed by atoms with Gasteiger partial charge in [0.25, 0.3) is 0 Å². The number of allylic oxidation sites excluding steroid dienone is 8. The number of carbonyl (C=O) groups excluding carboxylic acids is 2. The lowest BCUT2D eigenvalue weighted by atomic mass is 10.0. The molecule has 0 saturated heterocycles. The monoisotopic (exact) mass is 897 g/mol. The van der Waals surface area contributed by atoms with Crippen LogP contribution in [-0.2, 0) is 23.8 Å². The zero-order valence-corrected chi connectivity index (χ0v) is 43.1. The van der Waals surface area contributed by atoms with E-state index in [1.807, 2.05) is 0 Å². The third kappa shape index (κ3) is 52.5. The van der Waals surface area contributed by atoms with Crippen LogP contribution < -0.4 is 0 Å². The summed E-state index contributed by atoms with van der Waals surface area (Å²) in [5.74, 6) is -0.393. The van der Waals surface area contributed by atoms with Crippen molar-refractivity contribution < 1.29 is 23.8 Å². The van der Waals surface area contributed by atoms with E-state index in [4.69, 9.17) is 14.2 Å². The minimum Gasteiger partial charge on any atom is -0.462 e. The average Bonchev–Trinajstić information content (AvgIpc) is 3.30. The number of esters is 2. The first kappa shape index (κ1) is 61.9. The second-order valence-corrected chi connectivity index (χ2v) is 18.8. The van der Waals surface area contributed by atoms with Crippen LogP contribution in [0.1, 0.15) is 290 Å². The third-order valence-corrected chi connectivity index (χ3v) is 12.3. The van der Waals surface area contributed by atoms with Crippen molar-refractivity contribution in [1.29, 1.82) is 0 Å². The zero-order valence-electron chi connectivity index (χ0n) is 43.1. The number of rotatable bonds is 52. The number of unbranched alkanes of at least 4 members (excludes halogenated alkanes) is 33. The lowest BCUT2D eigenvalue weighted by Crippen LogP contribution is -2.30. The minimum atomic E-state index is -0.541. The van der Waals surface area contributed by atoms with Crippen LogP contribution in [0.25, 0.3) is 0 Å². The molecule has 0 heterocycles. The van der Waals surface area contributed by atoms with E-state index in [0.717, 1.165) is 64.2 Å². The van der Waals surface area contributed by atoms with Crippen molar-refractivity contribution in [2.45, 2.75) is 297 Å². The van der Waals surface area contributed by atoms with Gasteiger partial charge in [-0.2, -0.15) is 0 Å². The molecular formula is C59H108O5. The zero-order chi connectivity index (χ0) is 46.3. The molecule has 64 heavy (non-hydrogen) atoms. The highest BCUT2D eigenvalue weighted by Crippen LogP contribution is 2.16. The van der Waals surface area contributed by atoms with Gasteiger partial charge in [0.2, 0.25) is 0 Å². The Morgan fingerprint density at radius 2 is 0.703 bits per heavy atom. The summed E-state index contributed by atoms with van der Waals surface area (Å²) in [5, 5.41) is 0. The highest BCUT2D eigenvalue weighted by Gasteiger charge is 2.17. The van der Waals surface area contributed by atoms with Crippen molar-refractivity contribution in [3.63, 3.8) is 0 Å². The molecule has 5 heteroatoms. The quantitative estimate of drug-likeness (QED) is 0.0346. The van der Waals surface area contributed by atoms with Gasteiger partial charge in [0.05, 0.1) is 6.61 Å². The van der Waals surface area contributed by atoms with Gasteiger partial charge >= 0.3 is 11.9 Å². The minimum absolute atomic E-state index is 0.0825. The lowest BCUT2D eigenvalue weighted by molar-refractivity contribution is -0.163. The van der Waals surface area contributed by atoms with Gasteiger partial charge in [-0.15, -0.1) is 0 Å². The van der Waals surface area contributed by atoms with Crippen LogP contribution in [0, 0.1) is 0 Å². The van der Waals surface area contributed by atoms with Crippen molar-refractivity contribution in [2.24, 2.45) is 0 Å². The summed E-state index contributed by atoms with van der Waals surface area (Å²) in [6.07, 6.45) is 68.4. The fourth-order valence-electron chi connectivity index (χ4n) is 8.17. The first-order valence-corrected chi connectivity index (χ1v) is 28.2. The number of hydrogen-bond acceptors (Lipinski definition) is 5. The molecule has 374 valence electrons.